The quantitative estimate of drug-likeness (QED) is 0.224. The average molecular weight is 539 g/mol. The minimum Gasteiger partial charge on any atom is -0.456 e. The molecule has 9 rings (SSSR count). The van der Waals surface area contributed by atoms with Crippen LogP contribution in [0, 0.1) is 0 Å². The van der Waals surface area contributed by atoms with Crippen molar-refractivity contribution in [3.8, 4) is 33.8 Å². The van der Waals surface area contributed by atoms with Gasteiger partial charge in [-0.15, -0.1) is 0 Å². The fraction of sp³-hybridized carbons (Fsp3) is 0. The summed E-state index contributed by atoms with van der Waals surface area (Å²) < 4.78 is 12.8. The molecule has 3 heterocycles. The molecule has 0 bridgehead atoms. The van der Waals surface area contributed by atoms with Crippen LogP contribution in [0.1, 0.15) is 0 Å². The van der Waals surface area contributed by atoms with Crippen molar-refractivity contribution in [1.82, 2.24) is 9.97 Å². The first-order valence-electron chi connectivity index (χ1n) is 14.0. The number of hydrogen-bond donors (Lipinski definition) is 0. The molecule has 9 aromatic rings. The molecule has 42 heavy (non-hydrogen) atoms. The van der Waals surface area contributed by atoms with Crippen molar-refractivity contribution in [2.75, 3.05) is 0 Å². The molecule has 0 unspecified atom stereocenters. The molecule has 0 N–H and O–H groups in total. The van der Waals surface area contributed by atoms with E-state index in [9.17, 15) is 0 Å². The zero-order valence-corrected chi connectivity index (χ0v) is 22.4. The highest BCUT2D eigenvalue weighted by Crippen LogP contribution is 2.41. The molecule has 0 amide bonds. The van der Waals surface area contributed by atoms with E-state index < -0.39 is 0 Å². The number of nitrogens with zero attached hydrogens (tertiary/aromatic N) is 2. The zero-order chi connectivity index (χ0) is 27.6. The van der Waals surface area contributed by atoms with E-state index in [0.29, 0.717) is 11.4 Å². The summed E-state index contributed by atoms with van der Waals surface area (Å²) in [4.78, 5) is 10.3. The van der Waals surface area contributed by atoms with E-state index in [1.807, 2.05) is 36.4 Å². The molecular formula is C38H22N2O2. The average Bonchev–Trinajstić information content (AvgIpc) is 3.62. The Morgan fingerprint density at radius 1 is 0.452 bits per heavy atom. The van der Waals surface area contributed by atoms with Gasteiger partial charge in [0.1, 0.15) is 28.0 Å². The fourth-order valence-corrected chi connectivity index (χ4v) is 6.08. The summed E-state index contributed by atoms with van der Waals surface area (Å²) in [5, 5.41) is 5.47. The normalized spacial score (nSPS) is 11.8. The number of para-hydroxylation sites is 2. The van der Waals surface area contributed by atoms with Crippen LogP contribution in [0.15, 0.2) is 142 Å². The molecule has 4 heteroatoms. The van der Waals surface area contributed by atoms with Gasteiger partial charge in [-0.05, 0) is 58.3 Å². The van der Waals surface area contributed by atoms with E-state index in [-0.39, 0.29) is 0 Å². The van der Waals surface area contributed by atoms with Crippen molar-refractivity contribution in [2.24, 2.45) is 0 Å². The van der Waals surface area contributed by atoms with Crippen LogP contribution < -0.4 is 0 Å². The van der Waals surface area contributed by atoms with Crippen LogP contribution in [0.5, 0.6) is 0 Å². The summed E-state index contributed by atoms with van der Waals surface area (Å²) in [6.45, 7) is 0. The third-order valence-corrected chi connectivity index (χ3v) is 8.06. The van der Waals surface area contributed by atoms with Crippen LogP contribution in [0.2, 0.25) is 0 Å². The largest absolute Gasteiger partial charge is 0.456 e. The molecule has 0 aliphatic rings. The van der Waals surface area contributed by atoms with Gasteiger partial charge in [-0.25, -0.2) is 9.97 Å². The van der Waals surface area contributed by atoms with Gasteiger partial charge in [-0.2, -0.15) is 0 Å². The predicted octanol–water partition coefficient (Wildman–Crippen LogP) is 10.4. The summed E-state index contributed by atoms with van der Waals surface area (Å²) in [5.41, 5.74) is 8.76. The van der Waals surface area contributed by atoms with E-state index in [4.69, 9.17) is 18.8 Å². The Kier molecular flexibility index (Phi) is 4.87. The van der Waals surface area contributed by atoms with Crippen LogP contribution in [-0.4, -0.2) is 9.97 Å². The predicted molar refractivity (Wildman–Crippen MR) is 170 cm³/mol. The molecule has 6 aromatic carbocycles. The standard InChI is InChI=1S/C38H22N2O2/c1-2-11-24(12-3-1)30-21-27(22-33-34(30)28-14-6-8-16-31(28)41-33)38-39-35(26-19-18-23-10-4-5-13-25(23)20-26)37-36(40-38)29-15-7-9-17-32(29)42-37/h1-22H. The van der Waals surface area contributed by atoms with E-state index in [2.05, 4.69) is 97.1 Å². The van der Waals surface area contributed by atoms with Crippen molar-refractivity contribution < 1.29 is 8.83 Å². The minimum absolute atomic E-state index is 0.622. The molecule has 196 valence electrons. The lowest BCUT2D eigenvalue weighted by Crippen LogP contribution is -1.95. The molecule has 0 aliphatic carbocycles. The van der Waals surface area contributed by atoms with Gasteiger partial charge in [-0.1, -0.05) is 97.1 Å². The van der Waals surface area contributed by atoms with Crippen molar-refractivity contribution in [2.45, 2.75) is 0 Å². The number of furan rings is 2. The maximum absolute atomic E-state index is 6.41. The first kappa shape index (κ1) is 23.0. The molecule has 0 fully saturated rings. The SMILES string of the molecule is c1ccc(-c2cc(-c3nc(-c4ccc5ccccc5c4)c4oc5ccccc5c4n3)cc3oc4ccccc4c23)cc1. The summed E-state index contributed by atoms with van der Waals surface area (Å²) in [7, 11) is 0. The molecule has 0 aliphatic heterocycles. The van der Waals surface area contributed by atoms with Gasteiger partial charge >= 0.3 is 0 Å². The third kappa shape index (κ3) is 3.49. The Labute approximate surface area is 240 Å². The van der Waals surface area contributed by atoms with E-state index in [0.717, 1.165) is 71.8 Å². The Balaban J connectivity index is 1.37. The minimum atomic E-state index is 0.622. The summed E-state index contributed by atoms with van der Waals surface area (Å²) >= 11 is 0. The van der Waals surface area contributed by atoms with Crippen molar-refractivity contribution >= 4 is 54.8 Å². The number of hydrogen-bond acceptors (Lipinski definition) is 4. The highest BCUT2D eigenvalue weighted by atomic mass is 16.3. The molecular weight excluding hydrogens is 516 g/mol. The summed E-state index contributed by atoms with van der Waals surface area (Å²) in [5.74, 6) is 0.622. The second kappa shape index (κ2) is 8.88. The second-order valence-electron chi connectivity index (χ2n) is 10.6. The summed E-state index contributed by atoms with van der Waals surface area (Å²) in [6, 6.07) is 45.7. The first-order valence-corrected chi connectivity index (χ1v) is 14.0. The molecule has 0 saturated heterocycles. The van der Waals surface area contributed by atoms with Crippen molar-refractivity contribution in [3.63, 3.8) is 0 Å². The van der Waals surface area contributed by atoms with E-state index in [1.165, 1.54) is 5.39 Å². The number of benzene rings is 6. The summed E-state index contributed by atoms with van der Waals surface area (Å²) in [6.07, 6.45) is 0. The molecule has 0 radical (unpaired) electrons. The van der Waals surface area contributed by atoms with Crippen LogP contribution in [0.25, 0.3) is 88.6 Å². The van der Waals surface area contributed by atoms with Gasteiger partial charge in [0.25, 0.3) is 0 Å². The number of aromatic nitrogens is 2. The van der Waals surface area contributed by atoms with Crippen molar-refractivity contribution in [3.05, 3.63) is 133 Å². The van der Waals surface area contributed by atoms with E-state index in [1.54, 1.807) is 0 Å². The van der Waals surface area contributed by atoms with Crippen LogP contribution in [-0.2, 0) is 0 Å². The highest BCUT2D eigenvalue weighted by molar-refractivity contribution is 6.14. The molecule has 4 nitrogen and oxygen atoms in total. The highest BCUT2D eigenvalue weighted by Gasteiger charge is 2.21. The zero-order valence-electron chi connectivity index (χ0n) is 22.4. The maximum Gasteiger partial charge on any atom is 0.180 e. The third-order valence-electron chi connectivity index (χ3n) is 8.06. The molecule has 0 spiro atoms. The number of fused-ring (bicyclic) bond motifs is 7. The topological polar surface area (TPSA) is 52.1 Å². The number of rotatable bonds is 3. The molecule has 3 aromatic heterocycles. The maximum atomic E-state index is 6.41. The van der Waals surface area contributed by atoms with Gasteiger partial charge in [0.15, 0.2) is 11.4 Å². The van der Waals surface area contributed by atoms with Crippen LogP contribution >= 0.6 is 0 Å². The van der Waals surface area contributed by atoms with Crippen LogP contribution in [0.3, 0.4) is 0 Å². The lowest BCUT2D eigenvalue weighted by molar-refractivity contribution is 0.667. The monoisotopic (exact) mass is 538 g/mol. The lowest BCUT2D eigenvalue weighted by Gasteiger charge is -2.10. The Morgan fingerprint density at radius 2 is 1.17 bits per heavy atom. The van der Waals surface area contributed by atoms with E-state index >= 15 is 0 Å². The van der Waals surface area contributed by atoms with Gasteiger partial charge in [0, 0.05) is 27.3 Å². The Hall–Kier alpha value is -5.74. The van der Waals surface area contributed by atoms with Gasteiger partial charge < -0.3 is 8.83 Å². The van der Waals surface area contributed by atoms with Crippen LogP contribution in [0.4, 0.5) is 0 Å². The van der Waals surface area contributed by atoms with Gasteiger partial charge in [0.05, 0.1) is 0 Å². The smallest absolute Gasteiger partial charge is 0.180 e. The molecule has 0 atom stereocenters. The molecule has 0 saturated carbocycles. The second-order valence-corrected chi connectivity index (χ2v) is 10.6. The lowest BCUT2D eigenvalue weighted by atomic mass is 9.96. The fourth-order valence-electron chi connectivity index (χ4n) is 6.08. The Morgan fingerprint density at radius 3 is 2.02 bits per heavy atom. The van der Waals surface area contributed by atoms with Gasteiger partial charge in [0.2, 0.25) is 0 Å². The first-order chi connectivity index (χ1) is 20.8. The van der Waals surface area contributed by atoms with Crippen molar-refractivity contribution in [1.29, 1.82) is 0 Å². The Bertz CT molecular complexity index is 2470. The van der Waals surface area contributed by atoms with Gasteiger partial charge in [-0.3, -0.25) is 0 Å².